The first kappa shape index (κ1) is 11.0. The molecule has 0 aliphatic heterocycles. The minimum atomic E-state index is -0.0925. The number of benzene rings is 1. The monoisotopic (exact) mass is 256 g/mol. The lowest BCUT2D eigenvalue weighted by molar-refractivity contribution is 0.110. The van der Waals surface area contributed by atoms with Gasteiger partial charge in [-0.2, -0.15) is 0 Å². The van der Waals surface area contributed by atoms with Gasteiger partial charge < -0.3 is 9.52 Å². The molecule has 2 aromatic rings. The number of carbonyl (C=O) groups excluding carboxylic acids is 1. The van der Waals surface area contributed by atoms with Crippen molar-refractivity contribution in [1.82, 2.24) is 0 Å². The van der Waals surface area contributed by atoms with Gasteiger partial charge in [-0.25, -0.2) is 0 Å². The van der Waals surface area contributed by atoms with Gasteiger partial charge in [0.1, 0.15) is 11.5 Å². The van der Waals surface area contributed by atoms with E-state index in [9.17, 15) is 9.90 Å². The number of furan rings is 1. The van der Waals surface area contributed by atoms with Crippen LogP contribution >= 0.6 is 23.2 Å². The number of carbonyl (C=O) groups is 1. The van der Waals surface area contributed by atoms with Gasteiger partial charge in [0.2, 0.25) is 0 Å². The van der Waals surface area contributed by atoms with E-state index in [0.717, 1.165) is 0 Å². The summed E-state index contributed by atoms with van der Waals surface area (Å²) in [4.78, 5) is 10.5. The predicted molar refractivity (Wildman–Crippen MR) is 61.2 cm³/mol. The van der Waals surface area contributed by atoms with E-state index in [1.54, 1.807) is 6.07 Å². The van der Waals surface area contributed by atoms with E-state index in [-0.39, 0.29) is 16.5 Å². The highest BCUT2D eigenvalue weighted by atomic mass is 35.5. The van der Waals surface area contributed by atoms with Crippen LogP contribution in [0.1, 0.15) is 10.6 Å². The van der Waals surface area contributed by atoms with E-state index in [0.29, 0.717) is 22.6 Å². The van der Waals surface area contributed by atoms with Crippen LogP contribution in [0.4, 0.5) is 0 Å². The largest absolute Gasteiger partial charge is 0.506 e. The molecule has 16 heavy (non-hydrogen) atoms. The number of phenolic OH excluding ortho intramolecular Hbond substituents is 1. The molecule has 0 saturated heterocycles. The summed E-state index contributed by atoms with van der Waals surface area (Å²) in [5, 5.41) is 9.89. The van der Waals surface area contributed by atoms with Gasteiger partial charge in [-0.05, 0) is 24.3 Å². The summed E-state index contributed by atoms with van der Waals surface area (Å²) in [6, 6.07) is 5.95. The molecule has 0 unspecified atom stereocenters. The fraction of sp³-hybridized carbons (Fsp3) is 0. The normalized spacial score (nSPS) is 10.4. The van der Waals surface area contributed by atoms with Gasteiger partial charge in [-0.1, -0.05) is 23.2 Å². The summed E-state index contributed by atoms with van der Waals surface area (Å²) in [5.41, 5.74) is 0.372. The molecule has 0 fully saturated rings. The third-order valence-electron chi connectivity index (χ3n) is 2.06. The van der Waals surface area contributed by atoms with Crippen LogP contribution < -0.4 is 0 Å². The Hall–Kier alpha value is -1.45. The van der Waals surface area contributed by atoms with Crippen LogP contribution in [-0.2, 0) is 0 Å². The molecular formula is C11H6Cl2O3. The second-order valence-corrected chi connectivity index (χ2v) is 3.86. The number of aldehydes is 1. The highest BCUT2D eigenvalue weighted by Gasteiger charge is 2.15. The van der Waals surface area contributed by atoms with Crippen LogP contribution in [0.15, 0.2) is 28.7 Å². The van der Waals surface area contributed by atoms with E-state index in [4.69, 9.17) is 27.6 Å². The number of halogens is 2. The first-order valence-electron chi connectivity index (χ1n) is 4.36. The number of rotatable bonds is 2. The maximum absolute atomic E-state index is 10.5. The molecule has 82 valence electrons. The van der Waals surface area contributed by atoms with E-state index in [1.165, 1.54) is 18.2 Å². The fourth-order valence-electron chi connectivity index (χ4n) is 1.32. The molecule has 0 aliphatic carbocycles. The summed E-state index contributed by atoms with van der Waals surface area (Å²) < 4.78 is 5.19. The highest BCUT2D eigenvalue weighted by Crippen LogP contribution is 2.40. The Morgan fingerprint density at radius 2 is 1.94 bits per heavy atom. The van der Waals surface area contributed by atoms with Crippen LogP contribution in [0.5, 0.6) is 5.75 Å². The molecule has 2 rings (SSSR count). The Morgan fingerprint density at radius 3 is 2.56 bits per heavy atom. The van der Waals surface area contributed by atoms with Crippen molar-refractivity contribution in [2.24, 2.45) is 0 Å². The third kappa shape index (κ3) is 1.79. The van der Waals surface area contributed by atoms with Crippen molar-refractivity contribution in [3.8, 4) is 17.1 Å². The van der Waals surface area contributed by atoms with Gasteiger partial charge >= 0.3 is 0 Å². The zero-order valence-corrected chi connectivity index (χ0v) is 9.42. The summed E-state index contributed by atoms with van der Waals surface area (Å²) in [6.07, 6.45) is 0.577. The zero-order chi connectivity index (χ0) is 11.7. The average Bonchev–Trinajstić information content (AvgIpc) is 2.73. The number of hydrogen-bond acceptors (Lipinski definition) is 3. The van der Waals surface area contributed by atoms with Crippen molar-refractivity contribution < 1.29 is 14.3 Å². The molecule has 0 aliphatic rings. The lowest BCUT2D eigenvalue weighted by Crippen LogP contribution is -1.80. The van der Waals surface area contributed by atoms with Crippen molar-refractivity contribution >= 4 is 29.5 Å². The Kier molecular flexibility index (Phi) is 2.90. The van der Waals surface area contributed by atoms with Gasteiger partial charge in [0.25, 0.3) is 0 Å². The molecule has 3 nitrogen and oxygen atoms in total. The second kappa shape index (κ2) is 4.20. The molecule has 1 heterocycles. The lowest BCUT2D eigenvalue weighted by Gasteiger charge is -2.05. The van der Waals surface area contributed by atoms with Gasteiger partial charge in [0.15, 0.2) is 12.0 Å². The summed E-state index contributed by atoms with van der Waals surface area (Å²) >= 11 is 11.8. The van der Waals surface area contributed by atoms with E-state index in [2.05, 4.69) is 0 Å². The van der Waals surface area contributed by atoms with E-state index < -0.39 is 0 Å². The van der Waals surface area contributed by atoms with Crippen LogP contribution in [-0.4, -0.2) is 11.4 Å². The first-order valence-corrected chi connectivity index (χ1v) is 5.11. The topological polar surface area (TPSA) is 50.4 Å². The van der Waals surface area contributed by atoms with E-state index >= 15 is 0 Å². The smallest absolute Gasteiger partial charge is 0.185 e. The van der Waals surface area contributed by atoms with Crippen LogP contribution in [0.2, 0.25) is 10.0 Å². The molecule has 0 saturated carbocycles. The standard InChI is InChI=1S/C11H6Cl2O3/c12-7-2-3-8(15)11(13)10(7)9-4-1-6(5-14)16-9/h1-5,15H. The van der Waals surface area contributed by atoms with Crippen molar-refractivity contribution in [2.75, 3.05) is 0 Å². The summed E-state index contributed by atoms with van der Waals surface area (Å²) in [5.74, 6) is 0.420. The minimum absolute atomic E-state index is 0.0925. The van der Waals surface area contributed by atoms with Crippen molar-refractivity contribution in [3.05, 3.63) is 40.1 Å². The molecule has 5 heteroatoms. The Morgan fingerprint density at radius 1 is 1.19 bits per heavy atom. The van der Waals surface area contributed by atoms with Crippen LogP contribution in [0, 0.1) is 0 Å². The van der Waals surface area contributed by atoms with Crippen LogP contribution in [0.25, 0.3) is 11.3 Å². The zero-order valence-electron chi connectivity index (χ0n) is 7.91. The SMILES string of the molecule is O=Cc1ccc(-c2c(Cl)ccc(O)c2Cl)o1. The van der Waals surface area contributed by atoms with Crippen molar-refractivity contribution in [3.63, 3.8) is 0 Å². The minimum Gasteiger partial charge on any atom is -0.506 e. The first-order chi connectivity index (χ1) is 7.63. The Bertz CT molecular complexity index is 546. The molecule has 0 radical (unpaired) electrons. The van der Waals surface area contributed by atoms with E-state index in [1.807, 2.05) is 0 Å². The lowest BCUT2D eigenvalue weighted by atomic mass is 10.1. The summed E-state index contributed by atoms with van der Waals surface area (Å²) in [7, 11) is 0. The Labute approximate surface area is 101 Å². The number of hydrogen-bond donors (Lipinski definition) is 1. The van der Waals surface area contributed by atoms with Gasteiger partial charge in [0, 0.05) is 0 Å². The van der Waals surface area contributed by atoms with Crippen molar-refractivity contribution in [2.45, 2.75) is 0 Å². The highest BCUT2D eigenvalue weighted by molar-refractivity contribution is 6.39. The maximum Gasteiger partial charge on any atom is 0.185 e. The second-order valence-electron chi connectivity index (χ2n) is 3.08. The Balaban J connectivity index is 2.63. The molecule has 0 spiro atoms. The van der Waals surface area contributed by atoms with Crippen LogP contribution in [0.3, 0.4) is 0 Å². The molecule has 1 aromatic heterocycles. The maximum atomic E-state index is 10.5. The third-order valence-corrected chi connectivity index (χ3v) is 2.76. The van der Waals surface area contributed by atoms with Gasteiger partial charge in [0.05, 0.1) is 15.6 Å². The number of aromatic hydroxyl groups is 1. The molecule has 0 amide bonds. The van der Waals surface area contributed by atoms with Gasteiger partial charge in [-0.3, -0.25) is 4.79 Å². The molecule has 0 atom stereocenters. The van der Waals surface area contributed by atoms with Gasteiger partial charge in [-0.15, -0.1) is 0 Å². The average molecular weight is 257 g/mol. The summed E-state index contributed by atoms with van der Waals surface area (Å²) in [6.45, 7) is 0. The molecule has 1 N–H and O–H groups in total. The molecular weight excluding hydrogens is 251 g/mol. The molecule has 0 bridgehead atoms. The quantitative estimate of drug-likeness (QED) is 0.833. The predicted octanol–water partition coefficient (Wildman–Crippen LogP) is 3.77. The molecule has 1 aromatic carbocycles. The fourth-order valence-corrected chi connectivity index (χ4v) is 1.87. The van der Waals surface area contributed by atoms with Crippen molar-refractivity contribution in [1.29, 1.82) is 0 Å². The number of phenols is 1.